The Morgan fingerprint density at radius 1 is 1.40 bits per heavy atom. The fraction of sp³-hybridized carbons (Fsp3) is 0.588. The molecule has 0 saturated heterocycles. The van der Waals surface area contributed by atoms with Crippen molar-refractivity contribution < 1.29 is 14.6 Å². The molecular formula is C17H24O3. The van der Waals surface area contributed by atoms with Crippen LogP contribution in [0.4, 0.5) is 0 Å². The molecular weight excluding hydrogens is 252 g/mol. The Morgan fingerprint density at radius 2 is 2.10 bits per heavy atom. The van der Waals surface area contributed by atoms with Gasteiger partial charge in [0, 0.05) is 0 Å². The summed E-state index contributed by atoms with van der Waals surface area (Å²) in [5.74, 6) is -0.00816. The van der Waals surface area contributed by atoms with E-state index in [1.165, 1.54) is 0 Å². The lowest BCUT2D eigenvalue weighted by Crippen LogP contribution is -2.33. The SMILES string of the molecule is COc1ccc(C2CC(C)(C)CCC2C(=O)O)c(C)c1. The lowest BCUT2D eigenvalue weighted by atomic mass is 9.64. The van der Waals surface area contributed by atoms with Crippen molar-refractivity contribution in [1.29, 1.82) is 0 Å². The van der Waals surface area contributed by atoms with Crippen molar-refractivity contribution in [3.63, 3.8) is 0 Å². The van der Waals surface area contributed by atoms with E-state index < -0.39 is 5.97 Å². The third-order valence-corrected chi connectivity index (χ3v) is 4.58. The van der Waals surface area contributed by atoms with Crippen molar-refractivity contribution in [2.45, 2.75) is 46.0 Å². The normalized spacial score (nSPS) is 25.2. The van der Waals surface area contributed by atoms with Gasteiger partial charge in [-0.25, -0.2) is 0 Å². The van der Waals surface area contributed by atoms with E-state index in [1.807, 2.05) is 25.1 Å². The van der Waals surface area contributed by atoms with Crippen LogP contribution in [0.15, 0.2) is 18.2 Å². The maximum atomic E-state index is 11.6. The molecule has 1 aliphatic carbocycles. The van der Waals surface area contributed by atoms with E-state index in [0.29, 0.717) is 0 Å². The lowest BCUT2D eigenvalue weighted by Gasteiger charge is -2.39. The molecule has 110 valence electrons. The topological polar surface area (TPSA) is 46.5 Å². The highest BCUT2D eigenvalue weighted by molar-refractivity contribution is 5.71. The van der Waals surface area contributed by atoms with Crippen molar-refractivity contribution in [2.75, 3.05) is 7.11 Å². The Bertz CT molecular complexity index is 505. The largest absolute Gasteiger partial charge is 0.497 e. The van der Waals surface area contributed by atoms with Gasteiger partial charge in [0.05, 0.1) is 13.0 Å². The fourth-order valence-corrected chi connectivity index (χ4v) is 3.40. The zero-order valence-electron chi connectivity index (χ0n) is 12.8. The molecule has 3 nitrogen and oxygen atoms in total. The van der Waals surface area contributed by atoms with E-state index in [2.05, 4.69) is 13.8 Å². The lowest BCUT2D eigenvalue weighted by molar-refractivity contribution is -0.144. The van der Waals surface area contributed by atoms with E-state index in [0.717, 1.165) is 36.1 Å². The second kappa shape index (κ2) is 5.47. The smallest absolute Gasteiger partial charge is 0.307 e. The number of carboxylic acids is 1. The van der Waals surface area contributed by atoms with E-state index in [1.54, 1.807) is 7.11 Å². The molecule has 2 rings (SSSR count). The highest BCUT2D eigenvalue weighted by Gasteiger charge is 2.39. The average Bonchev–Trinajstić information content (AvgIpc) is 2.36. The molecule has 1 aliphatic rings. The molecule has 1 aromatic carbocycles. The van der Waals surface area contributed by atoms with Crippen LogP contribution in [0.3, 0.4) is 0 Å². The molecule has 0 aliphatic heterocycles. The second-order valence-corrected chi connectivity index (χ2v) is 6.68. The van der Waals surface area contributed by atoms with Gasteiger partial charge in [-0.3, -0.25) is 4.79 Å². The summed E-state index contributed by atoms with van der Waals surface area (Å²) in [6.45, 7) is 6.51. The highest BCUT2D eigenvalue weighted by Crippen LogP contribution is 2.47. The van der Waals surface area contributed by atoms with Crippen molar-refractivity contribution in [3.8, 4) is 5.75 Å². The van der Waals surface area contributed by atoms with E-state index >= 15 is 0 Å². The number of hydrogen-bond donors (Lipinski definition) is 1. The molecule has 0 amide bonds. The molecule has 2 unspecified atom stereocenters. The van der Waals surface area contributed by atoms with Crippen LogP contribution >= 0.6 is 0 Å². The van der Waals surface area contributed by atoms with Gasteiger partial charge in [-0.2, -0.15) is 0 Å². The van der Waals surface area contributed by atoms with Crippen LogP contribution in [0.25, 0.3) is 0 Å². The summed E-state index contributed by atoms with van der Waals surface area (Å²) in [4.78, 5) is 11.6. The molecule has 1 fully saturated rings. The number of benzene rings is 1. The van der Waals surface area contributed by atoms with E-state index in [9.17, 15) is 9.90 Å². The molecule has 20 heavy (non-hydrogen) atoms. The maximum absolute atomic E-state index is 11.6. The Balaban J connectivity index is 2.37. The average molecular weight is 276 g/mol. The number of aliphatic carboxylic acids is 1. The Hall–Kier alpha value is -1.51. The van der Waals surface area contributed by atoms with Crippen LogP contribution in [0.1, 0.15) is 50.2 Å². The summed E-state index contributed by atoms with van der Waals surface area (Å²) < 4.78 is 5.24. The van der Waals surface area contributed by atoms with Crippen LogP contribution in [0.5, 0.6) is 5.75 Å². The predicted octanol–water partition coefficient (Wildman–Crippen LogP) is 4.00. The van der Waals surface area contributed by atoms with Gasteiger partial charge < -0.3 is 9.84 Å². The quantitative estimate of drug-likeness (QED) is 0.907. The summed E-state index contributed by atoms with van der Waals surface area (Å²) in [5.41, 5.74) is 2.49. The van der Waals surface area contributed by atoms with Crippen molar-refractivity contribution >= 4 is 5.97 Å². The van der Waals surface area contributed by atoms with Gasteiger partial charge in [0.25, 0.3) is 0 Å². The molecule has 0 bridgehead atoms. The maximum Gasteiger partial charge on any atom is 0.307 e. The van der Waals surface area contributed by atoms with Gasteiger partial charge in [0.15, 0.2) is 0 Å². The number of carboxylic acid groups (broad SMARTS) is 1. The molecule has 1 N–H and O–H groups in total. The molecule has 0 radical (unpaired) electrons. The molecule has 0 spiro atoms. The van der Waals surface area contributed by atoms with Crippen molar-refractivity contribution in [1.82, 2.24) is 0 Å². The van der Waals surface area contributed by atoms with Crippen LogP contribution in [0, 0.1) is 18.3 Å². The Morgan fingerprint density at radius 3 is 2.65 bits per heavy atom. The monoisotopic (exact) mass is 276 g/mol. The minimum atomic E-state index is -0.666. The molecule has 0 aromatic heterocycles. The fourth-order valence-electron chi connectivity index (χ4n) is 3.40. The minimum absolute atomic E-state index is 0.0992. The second-order valence-electron chi connectivity index (χ2n) is 6.68. The summed E-state index contributed by atoms with van der Waals surface area (Å²) in [6, 6.07) is 5.97. The molecule has 2 atom stereocenters. The van der Waals surface area contributed by atoms with Crippen LogP contribution in [0.2, 0.25) is 0 Å². The summed E-state index contributed by atoms with van der Waals surface area (Å²) in [5, 5.41) is 9.51. The van der Waals surface area contributed by atoms with Crippen LogP contribution in [-0.4, -0.2) is 18.2 Å². The summed E-state index contributed by atoms with van der Waals surface area (Å²) >= 11 is 0. The van der Waals surface area contributed by atoms with Crippen molar-refractivity contribution in [3.05, 3.63) is 29.3 Å². The number of aryl methyl sites for hydroxylation is 1. The molecule has 1 saturated carbocycles. The molecule has 1 aromatic rings. The minimum Gasteiger partial charge on any atom is -0.497 e. The van der Waals surface area contributed by atoms with Gasteiger partial charge in [-0.1, -0.05) is 19.9 Å². The Kier molecular flexibility index (Phi) is 4.07. The third kappa shape index (κ3) is 2.97. The number of rotatable bonds is 3. The first-order valence-corrected chi connectivity index (χ1v) is 7.21. The summed E-state index contributed by atoms with van der Waals surface area (Å²) in [6.07, 6.45) is 2.67. The zero-order chi connectivity index (χ0) is 14.9. The number of hydrogen-bond acceptors (Lipinski definition) is 2. The first-order chi connectivity index (χ1) is 9.34. The Labute approximate surface area is 121 Å². The van der Waals surface area contributed by atoms with Gasteiger partial charge in [0.1, 0.15) is 5.75 Å². The van der Waals surface area contributed by atoms with Crippen LogP contribution in [-0.2, 0) is 4.79 Å². The van der Waals surface area contributed by atoms with Crippen molar-refractivity contribution in [2.24, 2.45) is 11.3 Å². The summed E-state index contributed by atoms with van der Waals surface area (Å²) in [7, 11) is 1.65. The van der Waals surface area contributed by atoms with Gasteiger partial charge >= 0.3 is 5.97 Å². The van der Waals surface area contributed by atoms with Gasteiger partial charge in [-0.05, 0) is 60.8 Å². The number of carbonyl (C=O) groups is 1. The first kappa shape index (κ1) is 14.9. The number of methoxy groups -OCH3 is 1. The molecule has 3 heteroatoms. The predicted molar refractivity (Wildman–Crippen MR) is 79.2 cm³/mol. The standard InChI is InChI=1S/C17H24O3/c1-11-9-12(20-4)5-6-13(11)15-10-17(2,3)8-7-14(15)16(18)19/h5-6,9,14-15H,7-8,10H2,1-4H3,(H,18,19). The third-order valence-electron chi connectivity index (χ3n) is 4.58. The van der Waals surface area contributed by atoms with Crippen LogP contribution < -0.4 is 4.74 Å². The van der Waals surface area contributed by atoms with E-state index in [-0.39, 0.29) is 17.3 Å². The van der Waals surface area contributed by atoms with Gasteiger partial charge in [-0.15, -0.1) is 0 Å². The molecule has 0 heterocycles. The van der Waals surface area contributed by atoms with Gasteiger partial charge in [0.2, 0.25) is 0 Å². The number of ether oxygens (including phenoxy) is 1. The zero-order valence-corrected chi connectivity index (χ0v) is 12.8. The highest BCUT2D eigenvalue weighted by atomic mass is 16.5. The van der Waals surface area contributed by atoms with E-state index in [4.69, 9.17) is 4.74 Å². The first-order valence-electron chi connectivity index (χ1n) is 7.21.